The van der Waals surface area contributed by atoms with Crippen LogP contribution in [-0.4, -0.2) is 95.2 Å². The second kappa shape index (κ2) is 9.27. The van der Waals surface area contributed by atoms with Crippen molar-refractivity contribution in [1.82, 2.24) is 25.8 Å². The molecule has 0 radical (unpaired) electrons. The third kappa shape index (κ3) is 4.26. The number of fused-ring (bicyclic) bond motifs is 1. The van der Waals surface area contributed by atoms with Gasteiger partial charge in [0.2, 0.25) is 17.7 Å². The molecule has 4 aliphatic heterocycles. The van der Waals surface area contributed by atoms with Crippen LogP contribution >= 0.6 is 11.8 Å². The number of aliphatic carboxylic acids is 1. The van der Waals surface area contributed by atoms with Crippen LogP contribution in [0.1, 0.15) is 33.1 Å². The second-order valence-electron chi connectivity index (χ2n) is 9.65. The van der Waals surface area contributed by atoms with Gasteiger partial charge in [-0.25, -0.2) is 4.79 Å². The van der Waals surface area contributed by atoms with Crippen molar-refractivity contribution in [3.63, 3.8) is 0 Å². The van der Waals surface area contributed by atoms with Gasteiger partial charge >= 0.3 is 5.97 Å². The summed E-state index contributed by atoms with van der Waals surface area (Å²) in [7, 11) is 3.43. The van der Waals surface area contributed by atoms with Crippen molar-refractivity contribution in [2.24, 2.45) is 11.8 Å². The largest absolute Gasteiger partial charge is 0.477 e. The predicted octanol–water partition coefficient (Wildman–Crippen LogP) is -0.432. The fourth-order valence-corrected chi connectivity index (χ4v) is 6.97. The maximum Gasteiger partial charge on any atom is 0.353 e. The van der Waals surface area contributed by atoms with Crippen LogP contribution in [-0.2, 0) is 19.2 Å². The molecule has 7 atom stereocenters. The summed E-state index contributed by atoms with van der Waals surface area (Å²) < 4.78 is 0. The van der Waals surface area contributed by atoms with Gasteiger partial charge in [0.1, 0.15) is 5.70 Å². The predicted molar refractivity (Wildman–Crippen MR) is 123 cm³/mol. The van der Waals surface area contributed by atoms with Crippen LogP contribution in [0.2, 0.25) is 0 Å². The number of hydrogen-bond acceptors (Lipinski definition) is 7. The first-order chi connectivity index (χ1) is 15.6. The minimum Gasteiger partial charge on any atom is -0.477 e. The molecule has 0 aromatic carbocycles. The fraction of sp³-hybridized carbons (Fsp3) is 0.727. The van der Waals surface area contributed by atoms with E-state index < -0.39 is 11.9 Å². The van der Waals surface area contributed by atoms with E-state index in [1.165, 1.54) is 16.7 Å². The van der Waals surface area contributed by atoms with Gasteiger partial charge in [0, 0.05) is 42.8 Å². The lowest BCUT2D eigenvalue weighted by Crippen LogP contribution is -2.66. The molecule has 3 fully saturated rings. The molecule has 0 bridgehead atoms. The van der Waals surface area contributed by atoms with E-state index in [2.05, 4.69) is 16.0 Å². The van der Waals surface area contributed by atoms with Crippen LogP contribution < -0.4 is 16.0 Å². The standard InChI is InChI=1S/C22H33N5O5S/c1-10-16-15(11(2)25-19(28)13-6-5-7-23-13)21(30)27(16)17(22(31)32)18(10)33-12-8-14(24-9-12)20(29)26(3)4/h10-16,23-24H,5-9H2,1-4H3,(H,25,28)(H,31,32)/t10-,11?,12+,13+,14+,15-,16-/m1/s1. The first-order valence-electron chi connectivity index (χ1n) is 11.6. The van der Waals surface area contributed by atoms with Crippen molar-refractivity contribution < 1.29 is 24.3 Å². The summed E-state index contributed by atoms with van der Waals surface area (Å²) in [5.41, 5.74) is 0.0529. The maximum atomic E-state index is 13.0. The first-order valence-corrected chi connectivity index (χ1v) is 12.4. The maximum absolute atomic E-state index is 13.0. The second-order valence-corrected chi connectivity index (χ2v) is 11.0. The number of nitrogens with zero attached hydrogens (tertiary/aromatic N) is 2. The lowest BCUT2D eigenvalue weighted by Gasteiger charge is -2.47. The molecule has 3 amide bonds. The molecule has 3 saturated heterocycles. The van der Waals surface area contributed by atoms with Crippen molar-refractivity contribution in [2.45, 2.75) is 62.5 Å². The smallest absolute Gasteiger partial charge is 0.353 e. The molecule has 11 heteroatoms. The van der Waals surface area contributed by atoms with Crippen LogP contribution in [0.15, 0.2) is 10.6 Å². The van der Waals surface area contributed by atoms with E-state index in [1.54, 1.807) is 19.0 Å². The van der Waals surface area contributed by atoms with Crippen LogP contribution in [0.4, 0.5) is 0 Å². The summed E-state index contributed by atoms with van der Waals surface area (Å²) in [5.74, 6) is -2.08. The lowest BCUT2D eigenvalue weighted by molar-refractivity contribution is -0.158. The number of thioether (sulfide) groups is 1. The van der Waals surface area contributed by atoms with Crippen molar-refractivity contribution >= 4 is 35.5 Å². The molecule has 0 aliphatic carbocycles. The normalized spacial score (nSPS) is 34.2. The molecule has 10 nitrogen and oxygen atoms in total. The number of carbonyl (C=O) groups excluding carboxylic acids is 3. The molecule has 4 heterocycles. The van der Waals surface area contributed by atoms with Gasteiger partial charge in [0.05, 0.1) is 24.0 Å². The van der Waals surface area contributed by atoms with Crippen molar-refractivity contribution in [3.8, 4) is 0 Å². The fourth-order valence-electron chi connectivity index (χ4n) is 5.49. The topological polar surface area (TPSA) is 131 Å². The minimum absolute atomic E-state index is 0.00499. The number of carboxylic acid groups (broad SMARTS) is 1. The molecule has 33 heavy (non-hydrogen) atoms. The minimum atomic E-state index is -1.11. The Labute approximate surface area is 197 Å². The van der Waals surface area contributed by atoms with Crippen molar-refractivity contribution in [2.75, 3.05) is 27.2 Å². The van der Waals surface area contributed by atoms with E-state index in [9.17, 15) is 24.3 Å². The summed E-state index contributed by atoms with van der Waals surface area (Å²) >= 11 is 1.46. The molecule has 4 N–H and O–H groups in total. The lowest BCUT2D eigenvalue weighted by atomic mass is 9.78. The number of amides is 3. The van der Waals surface area contributed by atoms with Gasteiger partial charge in [0.15, 0.2) is 0 Å². The zero-order valence-corrected chi connectivity index (χ0v) is 20.3. The van der Waals surface area contributed by atoms with Crippen LogP contribution in [0.25, 0.3) is 0 Å². The van der Waals surface area contributed by atoms with Crippen molar-refractivity contribution in [1.29, 1.82) is 0 Å². The highest BCUT2D eigenvalue weighted by molar-refractivity contribution is 8.03. The van der Waals surface area contributed by atoms with E-state index in [4.69, 9.17) is 0 Å². The average Bonchev–Trinajstić information content (AvgIpc) is 3.48. The summed E-state index contributed by atoms with van der Waals surface area (Å²) in [4.78, 5) is 53.6. The number of hydrogen-bond donors (Lipinski definition) is 4. The van der Waals surface area contributed by atoms with E-state index in [1.807, 2.05) is 13.8 Å². The van der Waals surface area contributed by atoms with E-state index in [0.717, 1.165) is 19.4 Å². The number of nitrogens with one attached hydrogen (secondary N) is 3. The molecule has 4 aliphatic rings. The Hall–Kier alpha value is -2.11. The number of β-lactam (4-membered cyclic amide) rings is 1. The summed E-state index contributed by atoms with van der Waals surface area (Å²) in [6.07, 6.45) is 2.33. The Kier molecular flexibility index (Phi) is 6.75. The quantitative estimate of drug-likeness (QED) is 0.362. The van der Waals surface area contributed by atoms with Crippen LogP contribution in [0, 0.1) is 11.8 Å². The van der Waals surface area contributed by atoms with Crippen molar-refractivity contribution in [3.05, 3.63) is 10.6 Å². The molecule has 0 aromatic heterocycles. The Bertz CT molecular complexity index is 886. The molecule has 0 spiro atoms. The zero-order valence-electron chi connectivity index (χ0n) is 19.5. The molecule has 4 rings (SSSR count). The number of carbonyl (C=O) groups is 4. The Morgan fingerprint density at radius 1 is 1.24 bits per heavy atom. The molecule has 1 unspecified atom stereocenters. The van der Waals surface area contributed by atoms with Gasteiger partial charge in [-0.2, -0.15) is 0 Å². The van der Waals surface area contributed by atoms with Gasteiger partial charge in [0.25, 0.3) is 0 Å². The Morgan fingerprint density at radius 2 is 1.97 bits per heavy atom. The highest BCUT2D eigenvalue weighted by Crippen LogP contribution is 2.51. The third-order valence-electron chi connectivity index (χ3n) is 7.20. The van der Waals surface area contributed by atoms with E-state index in [-0.39, 0.29) is 58.8 Å². The Balaban J connectivity index is 1.45. The van der Waals surface area contributed by atoms with Crippen LogP contribution in [0.3, 0.4) is 0 Å². The summed E-state index contributed by atoms with van der Waals surface area (Å²) in [6.45, 7) is 5.18. The number of likely N-dealkylation sites (N-methyl/N-ethyl adjacent to an activating group) is 1. The highest BCUT2D eigenvalue weighted by Gasteiger charge is 2.60. The summed E-state index contributed by atoms with van der Waals surface area (Å²) in [5, 5.41) is 19.3. The molecule has 0 aromatic rings. The highest BCUT2D eigenvalue weighted by atomic mass is 32.2. The average molecular weight is 480 g/mol. The first kappa shape index (κ1) is 24.0. The molecular weight excluding hydrogens is 446 g/mol. The molecule has 0 saturated carbocycles. The van der Waals surface area contributed by atoms with E-state index in [0.29, 0.717) is 17.9 Å². The van der Waals surface area contributed by atoms with Gasteiger partial charge in [-0.1, -0.05) is 6.92 Å². The molecule has 182 valence electrons. The number of carboxylic acids is 1. The SMILES string of the molecule is CC(NC(=O)[C@@H]1CCCN1)[C@H]1C(=O)N2C(C(=O)O)=C(S[C@@H]3CN[C@H](C(=O)N(C)C)C3)[C@H](C)[C@H]12. The van der Waals surface area contributed by atoms with Gasteiger partial charge in [-0.3, -0.25) is 14.4 Å². The third-order valence-corrected chi connectivity index (χ3v) is 8.71. The zero-order chi connectivity index (χ0) is 24.0. The van der Waals surface area contributed by atoms with Gasteiger partial charge in [-0.05, 0) is 32.7 Å². The Morgan fingerprint density at radius 3 is 2.58 bits per heavy atom. The monoisotopic (exact) mass is 479 g/mol. The van der Waals surface area contributed by atoms with Crippen LogP contribution in [0.5, 0.6) is 0 Å². The van der Waals surface area contributed by atoms with E-state index >= 15 is 0 Å². The summed E-state index contributed by atoms with van der Waals surface area (Å²) in [6, 6.07) is -1.18. The molecular formula is C22H33N5O5S. The van der Waals surface area contributed by atoms with Gasteiger partial charge < -0.3 is 30.9 Å². The number of rotatable bonds is 7. The van der Waals surface area contributed by atoms with Gasteiger partial charge in [-0.15, -0.1) is 11.8 Å².